The molecule has 2 aliphatic heterocycles. The van der Waals surface area contributed by atoms with E-state index in [2.05, 4.69) is 43.0 Å². The molecule has 2 fully saturated rings. The van der Waals surface area contributed by atoms with Gasteiger partial charge in [-0.1, -0.05) is 34.1 Å². The van der Waals surface area contributed by atoms with Gasteiger partial charge in [-0.05, 0) is 19.3 Å². The van der Waals surface area contributed by atoms with E-state index in [1.165, 1.54) is 25.7 Å². The number of hydrogen-bond acceptors (Lipinski definition) is 5. The maximum Gasteiger partial charge on any atom is 0.362 e. The third kappa shape index (κ3) is 3.67. The highest BCUT2D eigenvalue weighted by Gasteiger charge is 2.57. The Kier molecular flexibility index (Phi) is 6.67. The van der Waals surface area contributed by atoms with Gasteiger partial charge in [0, 0.05) is 51.5 Å². The molecule has 0 saturated carbocycles. The van der Waals surface area contributed by atoms with Crippen LogP contribution in [0.2, 0.25) is 5.04 Å². The van der Waals surface area contributed by atoms with Crippen molar-refractivity contribution in [2.24, 2.45) is 0 Å². The van der Waals surface area contributed by atoms with Crippen molar-refractivity contribution in [3.8, 4) is 0 Å². The zero-order valence-electron chi connectivity index (χ0n) is 16.0. The van der Waals surface area contributed by atoms with Gasteiger partial charge in [-0.3, -0.25) is 0 Å². The highest BCUT2D eigenvalue weighted by atomic mass is 28.4. The first-order valence-corrected chi connectivity index (χ1v) is 11.1. The molecule has 5 nitrogen and oxygen atoms in total. The second-order valence-corrected chi connectivity index (χ2v) is 12.2. The molecule has 0 spiro atoms. The Morgan fingerprint density at radius 1 is 1.09 bits per heavy atom. The van der Waals surface area contributed by atoms with Gasteiger partial charge in [-0.25, -0.2) is 10.0 Å². The standard InChI is InChI=1S/C17H37N3O2Si/c1-7-15-14-18-11-13-19(15)20-12-9-8-10-16(20)23(21-5,22-6)17(2,3)4/h15-16,18H,7-14H2,1-6H3. The van der Waals surface area contributed by atoms with E-state index in [0.717, 1.165) is 26.2 Å². The predicted molar refractivity (Wildman–Crippen MR) is 97.5 cm³/mol. The van der Waals surface area contributed by atoms with Crippen LogP contribution in [0.15, 0.2) is 0 Å². The summed E-state index contributed by atoms with van der Waals surface area (Å²) in [6.07, 6.45) is 4.92. The number of piperazine rings is 1. The molecule has 0 radical (unpaired) electrons. The summed E-state index contributed by atoms with van der Waals surface area (Å²) in [6.45, 7) is 13.5. The highest BCUT2D eigenvalue weighted by Crippen LogP contribution is 2.44. The van der Waals surface area contributed by atoms with Gasteiger partial charge in [0.15, 0.2) is 0 Å². The van der Waals surface area contributed by atoms with Crippen LogP contribution >= 0.6 is 0 Å². The molecular formula is C17H37N3O2Si. The van der Waals surface area contributed by atoms with Crippen molar-refractivity contribution >= 4 is 8.56 Å². The number of nitrogens with zero attached hydrogens (tertiary/aromatic N) is 2. The Bertz CT molecular complexity index is 371. The third-order valence-corrected chi connectivity index (χ3v) is 10.5. The summed E-state index contributed by atoms with van der Waals surface area (Å²) in [5, 5.41) is 8.87. The van der Waals surface area contributed by atoms with Gasteiger partial charge in [-0.2, -0.15) is 0 Å². The molecule has 2 saturated heterocycles. The SMILES string of the molecule is CCC1CNCCN1N1CCCCC1[Si](OC)(OC)C(C)(C)C. The zero-order chi connectivity index (χ0) is 17.1. The molecule has 2 atom stereocenters. The minimum Gasteiger partial charge on any atom is -0.396 e. The van der Waals surface area contributed by atoms with Crippen molar-refractivity contribution in [1.82, 2.24) is 15.3 Å². The summed E-state index contributed by atoms with van der Waals surface area (Å²) in [5.74, 6) is 0. The molecule has 0 aliphatic carbocycles. The van der Waals surface area contributed by atoms with Crippen LogP contribution in [0, 0.1) is 0 Å². The lowest BCUT2D eigenvalue weighted by molar-refractivity contribution is -0.108. The van der Waals surface area contributed by atoms with Gasteiger partial charge in [-0.15, -0.1) is 0 Å². The maximum absolute atomic E-state index is 6.21. The quantitative estimate of drug-likeness (QED) is 0.776. The van der Waals surface area contributed by atoms with Crippen LogP contribution in [-0.4, -0.2) is 70.7 Å². The van der Waals surface area contributed by atoms with E-state index in [9.17, 15) is 0 Å². The average Bonchev–Trinajstić information content (AvgIpc) is 2.55. The van der Waals surface area contributed by atoms with Gasteiger partial charge >= 0.3 is 8.56 Å². The Hall–Kier alpha value is 0.0169. The van der Waals surface area contributed by atoms with Crippen molar-refractivity contribution in [3.63, 3.8) is 0 Å². The van der Waals surface area contributed by atoms with E-state index in [-0.39, 0.29) is 5.04 Å². The lowest BCUT2D eigenvalue weighted by atomic mass is 10.1. The largest absolute Gasteiger partial charge is 0.396 e. The molecule has 1 N–H and O–H groups in total. The first kappa shape index (κ1) is 19.3. The number of rotatable bonds is 5. The Morgan fingerprint density at radius 3 is 2.35 bits per heavy atom. The molecule has 6 heteroatoms. The molecule has 0 aromatic rings. The zero-order valence-corrected chi connectivity index (χ0v) is 17.0. The summed E-state index contributed by atoms with van der Waals surface area (Å²) in [4.78, 5) is 0. The van der Waals surface area contributed by atoms with E-state index >= 15 is 0 Å². The van der Waals surface area contributed by atoms with Crippen LogP contribution in [0.3, 0.4) is 0 Å². The fraction of sp³-hybridized carbons (Fsp3) is 1.00. The van der Waals surface area contributed by atoms with Crippen molar-refractivity contribution < 1.29 is 8.85 Å². The molecule has 2 heterocycles. The summed E-state index contributed by atoms with van der Waals surface area (Å²) >= 11 is 0. The first-order chi connectivity index (χ1) is 10.9. The number of hydrogen-bond donors (Lipinski definition) is 1. The fourth-order valence-corrected chi connectivity index (χ4v) is 8.71. The van der Waals surface area contributed by atoms with Crippen LogP contribution in [0.5, 0.6) is 0 Å². The van der Waals surface area contributed by atoms with Gasteiger partial charge in [0.25, 0.3) is 0 Å². The van der Waals surface area contributed by atoms with Gasteiger partial charge in [0.2, 0.25) is 0 Å². The van der Waals surface area contributed by atoms with Crippen LogP contribution < -0.4 is 5.32 Å². The van der Waals surface area contributed by atoms with Crippen molar-refractivity contribution in [2.45, 2.75) is 70.1 Å². The van der Waals surface area contributed by atoms with Gasteiger partial charge in [0.05, 0.1) is 5.67 Å². The van der Waals surface area contributed by atoms with Crippen molar-refractivity contribution in [3.05, 3.63) is 0 Å². The molecule has 0 aromatic heterocycles. The van der Waals surface area contributed by atoms with Gasteiger partial charge in [0.1, 0.15) is 0 Å². The fourth-order valence-electron chi connectivity index (χ4n) is 4.52. The molecule has 2 aliphatic rings. The second kappa shape index (κ2) is 7.93. The van der Waals surface area contributed by atoms with E-state index in [0.29, 0.717) is 11.7 Å². The summed E-state index contributed by atoms with van der Waals surface area (Å²) in [6, 6.07) is 0.588. The minimum atomic E-state index is -2.37. The molecule has 0 bridgehead atoms. The third-order valence-electron chi connectivity index (χ3n) is 5.69. The van der Waals surface area contributed by atoms with E-state index in [1.54, 1.807) is 0 Å². The normalized spacial score (nSPS) is 29.0. The predicted octanol–water partition coefficient (Wildman–Crippen LogP) is 2.51. The Labute approximate surface area is 143 Å². The minimum absolute atomic E-state index is 0.0481. The topological polar surface area (TPSA) is 37.0 Å². The molecule has 0 amide bonds. The van der Waals surface area contributed by atoms with Crippen LogP contribution in [0.25, 0.3) is 0 Å². The van der Waals surface area contributed by atoms with Crippen molar-refractivity contribution in [1.29, 1.82) is 0 Å². The summed E-state index contributed by atoms with van der Waals surface area (Å²) in [5.41, 5.74) is 0.401. The Balaban J connectivity index is 2.32. The van der Waals surface area contributed by atoms with E-state index < -0.39 is 8.56 Å². The summed E-state index contributed by atoms with van der Waals surface area (Å²) < 4.78 is 12.4. The first-order valence-electron chi connectivity index (χ1n) is 9.25. The highest BCUT2D eigenvalue weighted by molar-refractivity contribution is 6.72. The lowest BCUT2D eigenvalue weighted by Gasteiger charge is -2.54. The van der Waals surface area contributed by atoms with Crippen LogP contribution in [0.1, 0.15) is 53.4 Å². The van der Waals surface area contributed by atoms with Crippen molar-refractivity contribution in [2.75, 3.05) is 40.4 Å². The number of nitrogens with one attached hydrogen (secondary N) is 1. The maximum atomic E-state index is 6.21. The molecule has 0 aromatic carbocycles. The number of hydrazine groups is 1. The smallest absolute Gasteiger partial charge is 0.362 e. The van der Waals surface area contributed by atoms with E-state index in [4.69, 9.17) is 8.85 Å². The van der Waals surface area contributed by atoms with Crippen LogP contribution in [0.4, 0.5) is 0 Å². The average molecular weight is 344 g/mol. The molecule has 136 valence electrons. The van der Waals surface area contributed by atoms with E-state index in [1.807, 2.05) is 14.2 Å². The number of piperidine rings is 1. The molecule has 23 heavy (non-hydrogen) atoms. The monoisotopic (exact) mass is 343 g/mol. The van der Waals surface area contributed by atoms with Crippen LogP contribution in [-0.2, 0) is 8.85 Å². The lowest BCUT2D eigenvalue weighted by Crippen LogP contribution is -2.71. The summed E-state index contributed by atoms with van der Waals surface area (Å²) in [7, 11) is 1.36. The molecule has 2 rings (SSSR count). The Morgan fingerprint density at radius 2 is 1.78 bits per heavy atom. The van der Waals surface area contributed by atoms with Gasteiger partial charge < -0.3 is 14.2 Å². The second-order valence-electron chi connectivity index (χ2n) is 7.93. The molecular weight excluding hydrogens is 306 g/mol. The molecule has 2 unspecified atom stereocenters.